The van der Waals surface area contributed by atoms with Crippen LogP contribution in [0.5, 0.6) is 0 Å². The molecular weight excluding hydrogens is 192 g/mol. The van der Waals surface area contributed by atoms with E-state index < -0.39 is 0 Å². The number of aromatic nitrogens is 2. The Labute approximate surface area is 88.4 Å². The number of aromatic amines is 1. The molecule has 1 aromatic rings. The van der Waals surface area contributed by atoms with Crippen LogP contribution in [0.15, 0.2) is 12.3 Å². The molecule has 15 heavy (non-hydrogen) atoms. The Hall–Kier alpha value is -1.36. The van der Waals surface area contributed by atoms with E-state index in [2.05, 4.69) is 15.5 Å². The fraction of sp³-hybridized carbons (Fsp3) is 0.600. The minimum Gasteiger partial charge on any atom is -0.350 e. The summed E-state index contributed by atoms with van der Waals surface area (Å²) in [4.78, 5) is 11.5. The van der Waals surface area contributed by atoms with E-state index in [-0.39, 0.29) is 5.91 Å². The smallest absolute Gasteiger partial charge is 0.269 e. The molecule has 5 nitrogen and oxygen atoms in total. The molecule has 0 radical (unpaired) electrons. The van der Waals surface area contributed by atoms with Crippen molar-refractivity contribution in [1.29, 1.82) is 0 Å². The first kappa shape index (κ1) is 10.2. The molecule has 4 N–H and O–H groups in total. The van der Waals surface area contributed by atoms with Crippen LogP contribution in [0.25, 0.3) is 0 Å². The lowest BCUT2D eigenvalue weighted by Crippen LogP contribution is -2.29. The number of nitrogens with two attached hydrogens (primary N) is 1. The van der Waals surface area contributed by atoms with Crippen LogP contribution in [0.3, 0.4) is 0 Å². The summed E-state index contributed by atoms with van der Waals surface area (Å²) < 4.78 is 0. The van der Waals surface area contributed by atoms with Gasteiger partial charge in [-0.2, -0.15) is 5.10 Å². The van der Waals surface area contributed by atoms with Gasteiger partial charge in [-0.15, -0.1) is 0 Å². The summed E-state index contributed by atoms with van der Waals surface area (Å²) in [5.41, 5.74) is 6.31. The quantitative estimate of drug-likeness (QED) is 0.666. The third kappa shape index (κ3) is 2.56. The van der Waals surface area contributed by atoms with Crippen LogP contribution in [0.1, 0.15) is 29.8 Å². The number of nitrogens with zero attached hydrogens (tertiary/aromatic N) is 1. The van der Waals surface area contributed by atoms with E-state index in [4.69, 9.17) is 5.73 Å². The Morgan fingerprint density at radius 1 is 1.67 bits per heavy atom. The molecule has 1 heterocycles. The van der Waals surface area contributed by atoms with Gasteiger partial charge >= 0.3 is 0 Å². The molecule has 1 amide bonds. The van der Waals surface area contributed by atoms with Crippen molar-refractivity contribution in [3.63, 3.8) is 0 Å². The van der Waals surface area contributed by atoms with E-state index in [0.717, 1.165) is 19.3 Å². The van der Waals surface area contributed by atoms with Crippen LogP contribution in [-0.4, -0.2) is 28.7 Å². The van der Waals surface area contributed by atoms with E-state index in [0.29, 0.717) is 24.2 Å². The molecule has 0 bridgehead atoms. The predicted octanol–water partition coefficient (Wildman–Crippen LogP) is 0.267. The zero-order chi connectivity index (χ0) is 10.7. The lowest BCUT2D eigenvalue weighted by molar-refractivity contribution is 0.0942. The van der Waals surface area contributed by atoms with E-state index in [9.17, 15) is 4.79 Å². The molecule has 0 aromatic carbocycles. The number of hydrogen-bond acceptors (Lipinski definition) is 3. The number of amides is 1. The normalized spacial score (nSPS) is 25.4. The number of carbonyl (C=O) groups excluding carboxylic acids is 1. The number of rotatable bonds is 3. The van der Waals surface area contributed by atoms with Gasteiger partial charge in [0.25, 0.3) is 5.91 Å². The number of carbonyl (C=O) groups is 1. The molecule has 1 fully saturated rings. The fourth-order valence-corrected chi connectivity index (χ4v) is 2.01. The molecule has 1 saturated carbocycles. The van der Waals surface area contributed by atoms with Gasteiger partial charge in [0.2, 0.25) is 0 Å². The largest absolute Gasteiger partial charge is 0.350 e. The van der Waals surface area contributed by atoms with Crippen molar-refractivity contribution in [3.8, 4) is 0 Å². The van der Waals surface area contributed by atoms with Gasteiger partial charge in [-0.05, 0) is 31.2 Å². The second-order valence-electron chi connectivity index (χ2n) is 4.12. The van der Waals surface area contributed by atoms with Crippen LogP contribution >= 0.6 is 0 Å². The minimum absolute atomic E-state index is 0.0898. The second-order valence-corrected chi connectivity index (χ2v) is 4.12. The van der Waals surface area contributed by atoms with Crippen molar-refractivity contribution in [1.82, 2.24) is 15.5 Å². The standard InChI is InChI=1S/C10H16N4O/c11-8-2-1-7(5-8)6-12-10(15)9-3-4-13-14-9/h3-4,7-8H,1-2,5-6,11H2,(H,12,15)(H,13,14). The topological polar surface area (TPSA) is 83.8 Å². The molecule has 1 aromatic heterocycles. The maximum Gasteiger partial charge on any atom is 0.269 e. The van der Waals surface area contributed by atoms with Gasteiger partial charge in [-0.25, -0.2) is 0 Å². The van der Waals surface area contributed by atoms with Crippen molar-refractivity contribution < 1.29 is 4.79 Å². The summed E-state index contributed by atoms with van der Waals surface area (Å²) in [6.45, 7) is 0.714. The Kier molecular flexibility index (Phi) is 3.01. The van der Waals surface area contributed by atoms with Crippen molar-refractivity contribution >= 4 is 5.91 Å². The summed E-state index contributed by atoms with van der Waals surface area (Å²) >= 11 is 0. The fourth-order valence-electron chi connectivity index (χ4n) is 2.01. The van der Waals surface area contributed by atoms with Gasteiger partial charge in [0.1, 0.15) is 5.69 Å². The van der Waals surface area contributed by atoms with E-state index in [1.54, 1.807) is 12.3 Å². The molecule has 1 aliphatic carbocycles. The van der Waals surface area contributed by atoms with E-state index in [1.807, 2.05) is 0 Å². The molecule has 2 unspecified atom stereocenters. The van der Waals surface area contributed by atoms with Gasteiger partial charge in [0.05, 0.1) is 0 Å². The predicted molar refractivity (Wildman–Crippen MR) is 56.2 cm³/mol. The molecule has 1 aliphatic rings. The maximum atomic E-state index is 11.5. The highest BCUT2D eigenvalue weighted by Crippen LogP contribution is 2.23. The van der Waals surface area contributed by atoms with Crippen molar-refractivity contribution in [3.05, 3.63) is 18.0 Å². The zero-order valence-corrected chi connectivity index (χ0v) is 8.57. The Bertz CT molecular complexity index is 322. The third-order valence-corrected chi connectivity index (χ3v) is 2.88. The molecular formula is C10H16N4O. The van der Waals surface area contributed by atoms with Crippen LogP contribution in [-0.2, 0) is 0 Å². The van der Waals surface area contributed by atoms with E-state index >= 15 is 0 Å². The molecule has 5 heteroatoms. The van der Waals surface area contributed by atoms with E-state index in [1.165, 1.54) is 0 Å². The molecule has 0 spiro atoms. The van der Waals surface area contributed by atoms with Crippen LogP contribution in [0.2, 0.25) is 0 Å². The van der Waals surface area contributed by atoms with Crippen LogP contribution in [0, 0.1) is 5.92 Å². The van der Waals surface area contributed by atoms with Crippen LogP contribution < -0.4 is 11.1 Å². The summed E-state index contributed by atoms with van der Waals surface area (Å²) in [6, 6.07) is 1.98. The average Bonchev–Trinajstić information content (AvgIpc) is 2.84. The number of hydrogen-bond donors (Lipinski definition) is 3. The SMILES string of the molecule is NC1CCC(CNC(=O)c2ccn[nH]2)C1. The third-order valence-electron chi connectivity index (χ3n) is 2.88. The first-order valence-electron chi connectivity index (χ1n) is 5.29. The van der Waals surface area contributed by atoms with Crippen LogP contribution in [0.4, 0.5) is 0 Å². The highest BCUT2D eigenvalue weighted by Gasteiger charge is 2.22. The summed E-state index contributed by atoms with van der Waals surface area (Å²) in [7, 11) is 0. The highest BCUT2D eigenvalue weighted by molar-refractivity contribution is 5.92. The first-order valence-corrected chi connectivity index (χ1v) is 5.29. The van der Waals surface area contributed by atoms with Gasteiger partial charge in [-0.1, -0.05) is 0 Å². The maximum absolute atomic E-state index is 11.5. The Morgan fingerprint density at radius 3 is 3.13 bits per heavy atom. The Morgan fingerprint density at radius 2 is 2.53 bits per heavy atom. The van der Waals surface area contributed by atoms with Crippen molar-refractivity contribution in [2.24, 2.45) is 11.7 Å². The van der Waals surface area contributed by atoms with Crippen molar-refractivity contribution in [2.75, 3.05) is 6.54 Å². The van der Waals surface area contributed by atoms with Crippen molar-refractivity contribution in [2.45, 2.75) is 25.3 Å². The first-order chi connectivity index (χ1) is 7.25. The lowest BCUT2D eigenvalue weighted by Gasteiger charge is -2.09. The van der Waals surface area contributed by atoms with Gasteiger partial charge in [0.15, 0.2) is 0 Å². The molecule has 2 atom stereocenters. The number of H-pyrrole nitrogens is 1. The molecule has 82 valence electrons. The molecule has 0 aliphatic heterocycles. The molecule has 0 saturated heterocycles. The number of nitrogens with one attached hydrogen (secondary N) is 2. The summed E-state index contributed by atoms with van der Waals surface area (Å²) in [5.74, 6) is 0.444. The highest BCUT2D eigenvalue weighted by atomic mass is 16.1. The summed E-state index contributed by atoms with van der Waals surface area (Å²) in [6.07, 6.45) is 4.78. The lowest BCUT2D eigenvalue weighted by atomic mass is 10.1. The average molecular weight is 208 g/mol. The zero-order valence-electron chi connectivity index (χ0n) is 8.57. The monoisotopic (exact) mass is 208 g/mol. The van der Waals surface area contributed by atoms with Gasteiger partial charge < -0.3 is 11.1 Å². The van der Waals surface area contributed by atoms with Gasteiger partial charge in [-0.3, -0.25) is 9.89 Å². The van der Waals surface area contributed by atoms with Gasteiger partial charge in [0, 0.05) is 18.8 Å². The Balaban J connectivity index is 1.76. The second kappa shape index (κ2) is 4.44. The molecule has 2 rings (SSSR count). The summed E-state index contributed by atoms with van der Waals surface area (Å²) in [5, 5.41) is 9.25. The minimum atomic E-state index is -0.0898.